The standard InChI is InChI=1S/C19H25ClN4O3S/c1-10(2)15-7-14(20)8-16(11(3)4)17(15)23-18(25)24-28(26,27)19-21-9-12(5)13(6)22-19/h7-11H,1-6H3,(H2,23,24,25). The molecular weight excluding hydrogens is 400 g/mol. The molecule has 0 aliphatic carbocycles. The van der Waals surface area contributed by atoms with Crippen LogP contribution in [0.4, 0.5) is 10.5 Å². The fourth-order valence-corrected chi connectivity index (χ4v) is 3.72. The van der Waals surface area contributed by atoms with E-state index in [0.717, 1.165) is 16.7 Å². The summed E-state index contributed by atoms with van der Waals surface area (Å²) in [5.74, 6) is 0.150. The number of hydrogen-bond donors (Lipinski definition) is 2. The molecule has 0 bridgehead atoms. The second-order valence-electron chi connectivity index (χ2n) is 7.25. The maximum Gasteiger partial charge on any atom is 0.333 e. The lowest BCUT2D eigenvalue weighted by atomic mass is 9.92. The van der Waals surface area contributed by atoms with Crippen LogP contribution in [-0.2, 0) is 10.0 Å². The van der Waals surface area contributed by atoms with Gasteiger partial charge in [-0.3, -0.25) is 0 Å². The number of hydrogen-bond acceptors (Lipinski definition) is 5. The summed E-state index contributed by atoms with van der Waals surface area (Å²) in [5.41, 5.74) is 3.49. The first kappa shape index (κ1) is 22.1. The van der Waals surface area contributed by atoms with Gasteiger partial charge in [0.15, 0.2) is 0 Å². The summed E-state index contributed by atoms with van der Waals surface area (Å²) in [7, 11) is -4.20. The molecule has 1 aromatic carbocycles. The van der Waals surface area contributed by atoms with Crippen LogP contribution < -0.4 is 10.0 Å². The van der Waals surface area contributed by atoms with Gasteiger partial charge in [-0.1, -0.05) is 39.3 Å². The van der Waals surface area contributed by atoms with Crippen molar-refractivity contribution in [3.63, 3.8) is 0 Å². The monoisotopic (exact) mass is 424 g/mol. The second-order valence-corrected chi connectivity index (χ2v) is 9.26. The van der Waals surface area contributed by atoms with E-state index in [1.807, 2.05) is 32.4 Å². The summed E-state index contributed by atoms with van der Waals surface area (Å²) < 4.78 is 26.9. The molecule has 152 valence electrons. The van der Waals surface area contributed by atoms with Gasteiger partial charge in [0.05, 0.1) is 0 Å². The molecule has 0 aliphatic heterocycles. The summed E-state index contributed by atoms with van der Waals surface area (Å²) in [4.78, 5) is 20.3. The molecule has 9 heteroatoms. The van der Waals surface area contributed by atoms with E-state index in [1.165, 1.54) is 6.20 Å². The van der Waals surface area contributed by atoms with Crippen LogP contribution in [0.15, 0.2) is 23.5 Å². The maximum atomic E-state index is 12.5. The van der Waals surface area contributed by atoms with Gasteiger partial charge in [0.1, 0.15) is 0 Å². The topological polar surface area (TPSA) is 101 Å². The number of nitrogens with one attached hydrogen (secondary N) is 2. The van der Waals surface area contributed by atoms with Gasteiger partial charge in [-0.15, -0.1) is 0 Å². The fourth-order valence-electron chi connectivity index (χ4n) is 2.65. The van der Waals surface area contributed by atoms with Crippen molar-refractivity contribution < 1.29 is 13.2 Å². The minimum absolute atomic E-state index is 0.0752. The number of anilines is 1. The number of aryl methyl sites for hydroxylation is 2. The first-order valence-electron chi connectivity index (χ1n) is 8.89. The molecule has 0 atom stereocenters. The minimum Gasteiger partial charge on any atom is -0.307 e. The summed E-state index contributed by atoms with van der Waals surface area (Å²) in [6.07, 6.45) is 1.40. The third kappa shape index (κ3) is 4.99. The lowest BCUT2D eigenvalue weighted by Crippen LogP contribution is -2.36. The number of urea groups is 1. The first-order chi connectivity index (χ1) is 12.9. The number of aromatic nitrogens is 2. The highest BCUT2D eigenvalue weighted by Gasteiger charge is 2.24. The Morgan fingerprint density at radius 3 is 2.07 bits per heavy atom. The molecule has 2 N–H and O–H groups in total. The number of sulfonamides is 1. The van der Waals surface area contributed by atoms with E-state index in [-0.39, 0.29) is 11.8 Å². The molecule has 2 amide bonds. The van der Waals surface area contributed by atoms with Crippen LogP contribution in [0.5, 0.6) is 0 Å². The third-order valence-corrected chi connectivity index (χ3v) is 5.67. The molecule has 0 spiro atoms. The lowest BCUT2D eigenvalue weighted by molar-refractivity contribution is 0.256. The molecule has 0 unspecified atom stereocenters. The van der Waals surface area contributed by atoms with Gasteiger partial charge in [0.25, 0.3) is 5.16 Å². The first-order valence-corrected chi connectivity index (χ1v) is 10.8. The van der Waals surface area contributed by atoms with Crippen molar-refractivity contribution in [2.24, 2.45) is 0 Å². The Balaban J connectivity index is 2.35. The van der Waals surface area contributed by atoms with Gasteiger partial charge in [-0.25, -0.2) is 19.5 Å². The lowest BCUT2D eigenvalue weighted by Gasteiger charge is -2.21. The molecule has 0 aliphatic rings. The van der Waals surface area contributed by atoms with Gasteiger partial charge in [-0.05, 0) is 54.5 Å². The average Bonchev–Trinajstić information content (AvgIpc) is 2.57. The molecule has 28 heavy (non-hydrogen) atoms. The van der Waals surface area contributed by atoms with E-state index < -0.39 is 21.2 Å². The van der Waals surface area contributed by atoms with Crippen molar-refractivity contribution in [1.29, 1.82) is 0 Å². The number of carbonyl (C=O) groups is 1. The number of carbonyl (C=O) groups excluding carboxylic acids is 1. The van der Waals surface area contributed by atoms with Crippen LogP contribution in [0.1, 0.15) is 61.9 Å². The van der Waals surface area contributed by atoms with Crippen LogP contribution in [0.25, 0.3) is 0 Å². The molecule has 1 heterocycles. The predicted molar refractivity (Wildman–Crippen MR) is 110 cm³/mol. The van der Waals surface area contributed by atoms with E-state index in [9.17, 15) is 13.2 Å². The Hall–Kier alpha value is -2.19. The molecular formula is C19H25ClN4O3S. The third-order valence-electron chi connectivity index (χ3n) is 4.32. The van der Waals surface area contributed by atoms with E-state index >= 15 is 0 Å². The van der Waals surface area contributed by atoms with E-state index in [4.69, 9.17) is 11.6 Å². The van der Waals surface area contributed by atoms with Crippen LogP contribution in [0, 0.1) is 13.8 Å². The van der Waals surface area contributed by atoms with Gasteiger partial charge >= 0.3 is 16.1 Å². The zero-order chi connectivity index (χ0) is 21.2. The average molecular weight is 425 g/mol. The Bertz CT molecular complexity index is 975. The van der Waals surface area contributed by atoms with Crippen molar-refractivity contribution in [2.45, 2.75) is 58.5 Å². The number of nitrogens with zero attached hydrogens (tertiary/aromatic N) is 2. The van der Waals surface area contributed by atoms with E-state index in [1.54, 1.807) is 26.0 Å². The molecule has 0 radical (unpaired) electrons. The SMILES string of the molecule is Cc1cnc(S(=O)(=O)NC(=O)Nc2c(C(C)C)cc(Cl)cc2C(C)C)nc1C. The summed E-state index contributed by atoms with van der Waals surface area (Å²) in [6.45, 7) is 11.3. The summed E-state index contributed by atoms with van der Waals surface area (Å²) in [6, 6.07) is 2.66. The van der Waals surface area contributed by atoms with Gasteiger partial charge in [-0.2, -0.15) is 8.42 Å². The Morgan fingerprint density at radius 1 is 1.07 bits per heavy atom. The zero-order valence-corrected chi connectivity index (χ0v) is 18.4. The summed E-state index contributed by atoms with van der Waals surface area (Å²) in [5, 5.41) is 2.79. The van der Waals surface area contributed by atoms with E-state index in [0.29, 0.717) is 16.4 Å². The minimum atomic E-state index is -4.20. The van der Waals surface area contributed by atoms with Crippen LogP contribution in [0.2, 0.25) is 5.02 Å². The Labute approximate surface area is 171 Å². The van der Waals surface area contributed by atoms with Crippen molar-refractivity contribution in [3.05, 3.63) is 45.7 Å². The van der Waals surface area contributed by atoms with Crippen LogP contribution in [-0.4, -0.2) is 24.4 Å². The maximum absolute atomic E-state index is 12.5. The molecule has 1 aromatic heterocycles. The van der Waals surface area contributed by atoms with Crippen LogP contribution >= 0.6 is 11.6 Å². The quantitative estimate of drug-likeness (QED) is 0.688. The smallest absolute Gasteiger partial charge is 0.307 e. The highest BCUT2D eigenvalue weighted by atomic mass is 35.5. The van der Waals surface area contributed by atoms with Crippen molar-refractivity contribution in [1.82, 2.24) is 14.7 Å². The van der Waals surface area contributed by atoms with Crippen LogP contribution in [0.3, 0.4) is 0 Å². The second kappa shape index (κ2) is 8.45. The van der Waals surface area contributed by atoms with Gasteiger partial charge in [0.2, 0.25) is 0 Å². The molecule has 2 aromatic rings. The molecule has 2 rings (SSSR count). The predicted octanol–water partition coefficient (Wildman–Crippen LogP) is 4.50. The molecule has 0 saturated carbocycles. The highest BCUT2D eigenvalue weighted by molar-refractivity contribution is 7.89. The zero-order valence-electron chi connectivity index (χ0n) is 16.8. The van der Waals surface area contributed by atoms with Gasteiger partial charge < -0.3 is 5.32 Å². The Kier molecular flexibility index (Phi) is 6.67. The number of benzene rings is 1. The van der Waals surface area contributed by atoms with Crippen molar-refractivity contribution in [2.75, 3.05) is 5.32 Å². The molecule has 0 saturated heterocycles. The number of rotatable bonds is 5. The van der Waals surface area contributed by atoms with E-state index in [2.05, 4.69) is 15.3 Å². The highest BCUT2D eigenvalue weighted by Crippen LogP contribution is 2.35. The number of halogens is 1. The fraction of sp³-hybridized carbons (Fsp3) is 0.421. The Morgan fingerprint density at radius 2 is 1.61 bits per heavy atom. The largest absolute Gasteiger partial charge is 0.333 e. The molecule has 7 nitrogen and oxygen atoms in total. The number of amides is 2. The van der Waals surface area contributed by atoms with Crippen molar-refractivity contribution >= 4 is 33.3 Å². The van der Waals surface area contributed by atoms with Crippen molar-refractivity contribution in [3.8, 4) is 0 Å². The van der Waals surface area contributed by atoms with Gasteiger partial charge in [0, 0.05) is 22.6 Å². The normalized spacial score (nSPS) is 11.8. The molecule has 0 fully saturated rings. The summed E-state index contributed by atoms with van der Waals surface area (Å²) >= 11 is 6.22.